The van der Waals surface area contributed by atoms with Crippen LogP contribution in [0, 0.1) is 13.8 Å². The van der Waals surface area contributed by atoms with Crippen LogP contribution in [0.1, 0.15) is 21.6 Å². The number of aromatic amines is 1. The predicted molar refractivity (Wildman–Crippen MR) is 83.1 cm³/mol. The van der Waals surface area contributed by atoms with Crippen LogP contribution in [0.2, 0.25) is 0 Å². The van der Waals surface area contributed by atoms with Crippen LogP contribution in [0.15, 0.2) is 18.2 Å². The highest BCUT2D eigenvalue weighted by Gasteiger charge is 2.13. The number of thioether (sulfide) groups is 1. The summed E-state index contributed by atoms with van der Waals surface area (Å²) in [6.45, 7) is 4.92. The summed E-state index contributed by atoms with van der Waals surface area (Å²) in [4.78, 5) is 17.4. The summed E-state index contributed by atoms with van der Waals surface area (Å²) in [6, 6.07) is 5.88. The Morgan fingerprint density at radius 3 is 2.79 bits per heavy atom. The van der Waals surface area contributed by atoms with E-state index in [1.165, 1.54) is 5.56 Å². The van der Waals surface area contributed by atoms with Crippen LogP contribution in [0.5, 0.6) is 0 Å². The Balaban J connectivity index is 2.30. The number of benzene rings is 1. The van der Waals surface area contributed by atoms with Gasteiger partial charge in [-0.25, -0.2) is 0 Å². The lowest BCUT2D eigenvalue weighted by atomic mass is 10.1. The van der Waals surface area contributed by atoms with E-state index in [4.69, 9.17) is 0 Å². The molecule has 4 heteroatoms. The maximum absolute atomic E-state index is 12.3. The van der Waals surface area contributed by atoms with Gasteiger partial charge in [0.1, 0.15) is 0 Å². The SMILES string of the molecule is CSCCN(C)C(=O)c1ccc2[nH]c(C)c(C)c2c1. The van der Waals surface area contributed by atoms with Crippen molar-refractivity contribution < 1.29 is 4.79 Å². The van der Waals surface area contributed by atoms with Gasteiger partial charge in [0.05, 0.1) is 0 Å². The van der Waals surface area contributed by atoms with Gasteiger partial charge in [0.25, 0.3) is 5.91 Å². The first kappa shape index (κ1) is 14.0. The number of hydrogen-bond donors (Lipinski definition) is 1. The van der Waals surface area contributed by atoms with Gasteiger partial charge < -0.3 is 9.88 Å². The molecule has 0 aliphatic carbocycles. The van der Waals surface area contributed by atoms with Crippen molar-refractivity contribution in [2.24, 2.45) is 0 Å². The first-order valence-electron chi connectivity index (χ1n) is 6.38. The lowest BCUT2D eigenvalue weighted by Crippen LogP contribution is -2.28. The molecule has 0 aliphatic rings. The molecule has 0 atom stereocenters. The van der Waals surface area contributed by atoms with Crippen molar-refractivity contribution in [2.45, 2.75) is 13.8 Å². The molecular weight excluding hydrogens is 256 g/mol. The second-order valence-electron chi connectivity index (χ2n) is 4.85. The van der Waals surface area contributed by atoms with E-state index in [2.05, 4.69) is 25.1 Å². The Morgan fingerprint density at radius 2 is 2.11 bits per heavy atom. The minimum absolute atomic E-state index is 0.0919. The highest BCUT2D eigenvalue weighted by atomic mass is 32.2. The molecule has 0 saturated heterocycles. The zero-order chi connectivity index (χ0) is 14.0. The molecule has 1 heterocycles. The van der Waals surface area contributed by atoms with Gasteiger partial charge in [-0.2, -0.15) is 11.8 Å². The van der Waals surface area contributed by atoms with E-state index < -0.39 is 0 Å². The summed E-state index contributed by atoms with van der Waals surface area (Å²) >= 11 is 1.75. The molecule has 0 saturated carbocycles. The normalized spacial score (nSPS) is 10.9. The molecule has 3 nitrogen and oxygen atoms in total. The second-order valence-corrected chi connectivity index (χ2v) is 5.84. The molecule has 0 radical (unpaired) electrons. The van der Waals surface area contributed by atoms with Gasteiger partial charge in [0.15, 0.2) is 0 Å². The molecule has 0 fully saturated rings. The summed E-state index contributed by atoms with van der Waals surface area (Å²) in [6.07, 6.45) is 2.05. The molecule has 102 valence electrons. The number of hydrogen-bond acceptors (Lipinski definition) is 2. The molecule has 0 aliphatic heterocycles. The standard InChI is InChI=1S/C15H20N2OS/c1-10-11(2)16-14-6-5-12(9-13(10)14)15(18)17(3)7-8-19-4/h5-6,9,16H,7-8H2,1-4H3. The lowest BCUT2D eigenvalue weighted by Gasteiger charge is -2.16. The number of nitrogens with zero attached hydrogens (tertiary/aromatic N) is 1. The summed E-state index contributed by atoms with van der Waals surface area (Å²) in [7, 11) is 1.86. The van der Waals surface area contributed by atoms with Gasteiger partial charge in [-0.15, -0.1) is 0 Å². The summed E-state index contributed by atoms with van der Waals surface area (Å²) in [5.74, 6) is 1.06. The van der Waals surface area contributed by atoms with Crippen LogP contribution in [0.3, 0.4) is 0 Å². The summed E-state index contributed by atoms with van der Waals surface area (Å²) in [5.41, 5.74) is 4.24. The first-order chi connectivity index (χ1) is 9.04. The van der Waals surface area contributed by atoms with Gasteiger partial charge in [-0.05, 0) is 43.9 Å². The number of fused-ring (bicyclic) bond motifs is 1. The zero-order valence-electron chi connectivity index (χ0n) is 11.9. The Kier molecular flexibility index (Phi) is 4.20. The highest BCUT2D eigenvalue weighted by Crippen LogP contribution is 2.22. The third-order valence-electron chi connectivity index (χ3n) is 3.53. The minimum atomic E-state index is 0.0919. The summed E-state index contributed by atoms with van der Waals surface area (Å²) < 4.78 is 0. The molecule has 1 N–H and O–H groups in total. The topological polar surface area (TPSA) is 36.1 Å². The Hall–Kier alpha value is -1.42. The van der Waals surface area contributed by atoms with E-state index in [0.717, 1.165) is 34.5 Å². The maximum Gasteiger partial charge on any atom is 0.253 e. The van der Waals surface area contributed by atoms with E-state index in [1.807, 2.05) is 25.2 Å². The second kappa shape index (κ2) is 5.70. The third kappa shape index (κ3) is 2.78. The van der Waals surface area contributed by atoms with Gasteiger partial charge in [0.2, 0.25) is 0 Å². The van der Waals surface area contributed by atoms with E-state index in [9.17, 15) is 4.79 Å². The molecule has 1 amide bonds. The van der Waals surface area contributed by atoms with Crippen molar-refractivity contribution in [3.63, 3.8) is 0 Å². The fourth-order valence-electron chi connectivity index (χ4n) is 2.14. The largest absolute Gasteiger partial charge is 0.358 e. The molecule has 0 spiro atoms. The molecule has 0 bridgehead atoms. The van der Waals surface area contributed by atoms with Gasteiger partial charge in [-0.1, -0.05) is 0 Å². The van der Waals surface area contributed by atoms with Crippen molar-refractivity contribution in [2.75, 3.05) is 25.6 Å². The zero-order valence-corrected chi connectivity index (χ0v) is 12.7. The average Bonchev–Trinajstić information content (AvgIpc) is 2.70. The van der Waals surface area contributed by atoms with Crippen LogP contribution in [-0.2, 0) is 0 Å². The number of aromatic nitrogens is 1. The van der Waals surface area contributed by atoms with Gasteiger partial charge in [0, 0.05) is 41.5 Å². The maximum atomic E-state index is 12.3. The predicted octanol–water partition coefficient (Wildman–Crippen LogP) is 3.22. The van der Waals surface area contributed by atoms with Crippen molar-refractivity contribution in [3.8, 4) is 0 Å². The van der Waals surface area contributed by atoms with Crippen LogP contribution in [0.25, 0.3) is 10.9 Å². The highest BCUT2D eigenvalue weighted by molar-refractivity contribution is 7.98. The fourth-order valence-corrected chi connectivity index (χ4v) is 2.60. The van der Waals surface area contributed by atoms with Crippen LogP contribution in [0.4, 0.5) is 0 Å². The summed E-state index contributed by atoms with van der Waals surface area (Å²) in [5, 5.41) is 1.14. The molecule has 2 rings (SSSR count). The molecule has 1 aromatic heterocycles. The van der Waals surface area contributed by atoms with Crippen LogP contribution < -0.4 is 0 Å². The fraction of sp³-hybridized carbons (Fsp3) is 0.400. The van der Waals surface area contributed by atoms with Crippen LogP contribution in [-0.4, -0.2) is 41.4 Å². The number of carbonyl (C=O) groups is 1. The molecule has 2 aromatic rings. The molecule has 1 aromatic carbocycles. The number of amides is 1. The lowest BCUT2D eigenvalue weighted by molar-refractivity contribution is 0.0804. The van der Waals surface area contributed by atoms with Crippen LogP contribution >= 0.6 is 11.8 Å². The van der Waals surface area contributed by atoms with E-state index in [-0.39, 0.29) is 5.91 Å². The molecular formula is C15H20N2OS. The van der Waals surface area contributed by atoms with E-state index in [1.54, 1.807) is 16.7 Å². The quantitative estimate of drug-likeness (QED) is 0.930. The Labute approximate surface area is 118 Å². The van der Waals surface area contributed by atoms with Crippen molar-refractivity contribution in [3.05, 3.63) is 35.0 Å². The Bertz CT molecular complexity index is 603. The van der Waals surface area contributed by atoms with Gasteiger partial charge in [-0.3, -0.25) is 4.79 Å². The Morgan fingerprint density at radius 1 is 1.37 bits per heavy atom. The number of carbonyl (C=O) groups excluding carboxylic acids is 1. The average molecular weight is 276 g/mol. The molecule has 0 unspecified atom stereocenters. The number of nitrogens with one attached hydrogen (secondary N) is 1. The monoisotopic (exact) mass is 276 g/mol. The number of H-pyrrole nitrogens is 1. The number of aryl methyl sites for hydroxylation is 2. The smallest absolute Gasteiger partial charge is 0.253 e. The third-order valence-corrected chi connectivity index (χ3v) is 4.12. The minimum Gasteiger partial charge on any atom is -0.358 e. The van der Waals surface area contributed by atoms with Crippen molar-refractivity contribution in [1.82, 2.24) is 9.88 Å². The van der Waals surface area contributed by atoms with Crippen molar-refractivity contribution >= 4 is 28.6 Å². The molecule has 19 heavy (non-hydrogen) atoms. The van der Waals surface area contributed by atoms with Crippen molar-refractivity contribution in [1.29, 1.82) is 0 Å². The van der Waals surface area contributed by atoms with E-state index in [0.29, 0.717) is 0 Å². The van der Waals surface area contributed by atoms with Gasteiger partial charge >= 0.3 is 0 Å². The van der Waals surface area contributed by atoms with E-state index >= 15 is 0 Å². The first-order valence-corrected chi connectivity index (χ1v) is 7.77. The number of rotatable bonds is 4.